The smallest absolute Gasteiger partial charge is 0.394 e. The first kappa shape index (κ1) is 23.3. The summed E-state index contributed by atoms with van der Waals surface area (Å²) in [5.41, 5.74) is 4.61. The van der Waals surface area contributed by atoms with Crippen molar-refractivity contribution in [3.8, 4) is 5.75 Å². The van der Waals surface area contributed by atoms with E-state index < -0.39 is 6.11 Å². The Hall–Kier alpha value is -3.41. The van der Waals surface area contributed by atoms with Gasteiger partial charge in [0.05, 0.1) is 6.54 Å². The molecule has 6 heteroatoms. The van der Waals surface area contributed by atoms with Gasteiger partial charge in [-0.2, -0.15) is 8.78 Å². The number of likely N-dealkylation sites (N-methyl/N-ethyl adjacent to an activating group) is 1. The van der Waals surface area contributed by atoms with Crippen LogP contribution in [-0.2, 0) is 13.0 Å². The van der Waals surface area contributed by atoms with Gasteiger partial charge in [-0.15, -0.1) is 0 Å². The third kappa shape index (κ3) is 5.63. The van der Waals surface area contributed by atoms with E-state index in [0.29, 0.717) is 13.0 Å². The van der Waals surface area contributed by atoms with Gasteiger partial charge in [0.1, 0.15) is 17.4 Å². The Morgan fingerprint density at radius 3 is 2.38 bits per heavy atom. The molecule has 0 amide bonds. The normalized spacial score (nSPS) is 15.5. The van der Waals surface area contributed by atoms with E-state index in [4.69, 9.17) is 9.73 Å². The summed E-state index contributed by atoms with van der Waals surface area (Å²) in [4.78, 5) is 8.94. The van der Waals surface area contributed by atoms with Gasteiger partial charge >= 0.3 is 6.11 Å². The molecule has 0 spiro atoms. The van der Waals surface area contributed by atoms with E-state index in [-0.39, 0.29) is 5.75 Å². The Morgan fingerprint density at radius 2 is 1.72 bits per heavy atom. The van der Waals surface area contributed by atoms with E-state index in [1.54, 1.807) is 12.1 Å². The minimum Gasteiger partial charge on any atom is -0.433 e. The number of rotatable bonds is 7. The summed E-state index contributed by atoms with van der Waals surface area (Å²) in [6.45, 7) is 13.7. The van der Waals surface area contributed by atoms with Crippen molar-refractivity contribution in [1.29, 1.82) is 0 Å². The molecule has 0 unspecified atom stereocenters. The van der Waals surface area contributed by atoms with Gasteiger partial charge in [-0.3, -0.25) is 0 Å². The van der Waals surface area contributed by atoms with Crippen molar-refractivity contribution >= 4 is 5.71 Å². The Labute approximate surface area is 188 Å². The van der Waals surface area contributed by atoms with Crippen LogP contribution < -0.4 is 4.74 Å². The van der Waals surface area contributed by atoms with Crippen molar-refractivity contribution in [3.05, 3.63) is 102 Å². The molecule has 2 aromatic carbocycles. The summed E-state index contributed by atoms with van der Waals surface area (Å²) in [5, 5.41) is 0. The number of hydrogen-bond donors (Lipinski definition) is 0. The van der Waals surface area contributed by atoms with Gasteiger partial charge in [-0.1, -0.05) is 55.6 Å². The maximum absolute atomic E-state index is 13.2. The van der Waals surface area contributed by atoms with E-state index in [0.717, 1.165) is 46.7 Å². The highest BCUT2D eigenvalue weighted by molar-refractivity contribution is 5.85. The lowest BCUT2D eigenvalue weighted by molar-refractivity contribution is -0.158. The molecule has 0 aliphatic carbocycles. The predicted molar refractivity (Wildman–Crippen MR) is 125 cm³/mol. The molecular weight excluding hydrogens is 408 g/mol. The minimum absolute atomic E-state index is 0.130. The topological polar surface area (TPSA) is 28.1 Å². The third-order valence-corrected chi connectivity index (χ3v) is 5.26. The van der Waals surface area contributed by atoms with Crippen LogP contribution in [0.4, 0.5) is 8.78 Å². The minimum atomic E-state index is -3.23. The molecule has 168 valence electrons. The molecule has 0 saturated carbocycles. The highest BCUT2D eigenvalue weighted by Crippen LogP contribution is 2.33. The number of alkyl halides is 2. The highest BCUT2D eigenvalue weighted by atomic mass is 19.3. The molecule has 0 aromatic heterocycles. The SMILES string of the molecule is C=C1C(C)=C(/N=C(\C)Cc2cccc(OC(C)(F)F)c2)N(Cc2ccccc2)C(=C)N1C. The Kier molecular flexibility index (Phi) is 6.82. The summed E-state index contributed by atoms with van der Waals surface area (Å²) in [7, 11) is 1.94. The monoisotopic (exact) mass is 437 g/mol. The number of allylic oxidation sites excluding steroid dienone is 1. The number of hydrogen-bond acceptors (Lipinski definition) is 4. The maximum atomic E-state index is 13.2. The second-order valence-electron chi connectivity index (χ2n) is 8.02. The number of benzene rings is 2. The van der Waals surface area contributed by atoms with Gasteiger partial charge in [0.2, 0.25) is 0 Å². The van der Waals surface area contributed by atoms with Gasteiger partial charge in [-0.25, -0.2) is 4.99 Å². The van der Waals surface area contributed by atoms with Crippen LogP contribution in [0.25, 0.3) is 0 Å². The summed E-state index contributed by atoms with van der Waals surface area (Å²) in [6, 6.07) is 16.8. The lowest BCUT2D eigenvalue weighted by atomic mass is 10.1. The van der Waals surface area contributed by atoms with Crippen LogP contribution in [0.15, 0.2) is 95.7 Å². The van der Waals surface area contributed by atoms with Crippen LogP contribution in [0.3, 0.4) is 0 Å². The van der Waals surface area contributed by atoms with Crippen LogP contribution in [0.1, 0.15) is 31.9 Å². The van der Waals surface area contributed by atoms with Crippen LogP contribution in [0.5, 0.6) is 5.75 Å². The fraction of sp³-hybridized carbons (Fsp3) is 0.269. The van der Waals surface area contributed by atoms with Crippen molar-refractivity contribution in [3.63, 3.8) is 0 Å². The second-order valence-corrected chi connectivity index (χ2v) is 8.02. The zero-order valence-corrected chi connectivity index (χ0v) is 19.0. The van der Waals surface area contributed by atoms with Crippen molar-refractivity contribution < 1.29 is 13.5 Å². The van der Waals surface area contributed by atoms with Crippen molar-refractivity contribution in [2.24, 2.45) is 4.99 Å². The van der Waals surface area contributed by atoms with Gasteiger partial charge in [0, 0.05) is 37.4 Å². The second kappa shape index (κ2) is 9.39. The van der Waals surface area contributed by atoms with E-state index in [9.17, 15) is 8.78 Å². The molecule has 1 aliphatic heterocycles. The number of aliphatic imine (C=N–C) groups is 1. The lowest BCUT2D eigenvalue weighted by Gasteiger charge is -2.40. The largest absolute Gasteiger partial charge is 0.433 e. The number of ether oxygens (including phenoxy) is 1. The predicted octanol–water partition coefficient (Wildman–Crippen LogP) is 6.35. The molecule has 4 nitrogen and oxygen atoms in total. The molecule has 0 N–H and O–H groups in total. The molecule has 0 fully saturated rings. The Balaban J connectivity index is 1.89. The van der Waals surface area contributed by atoms with Crippen molar-refractivity contribution in [2.75, 3.05) is 7.05 Å². The summed E-state index contributed by atoms with van der Waals surface area (Å²) in [5.74, 6) is 1.70. The van der Waals surface area contributed by atoms with Gasteiger partial charge < -0.3 is 14.5 Å². The maximum Gasteiger partial charge on any atom is 0.394 e. The summed E-state index contributed by atoms with van der Waals surface area (Å²) < 4.78 is 31.1. The molecule has 0 atom stereocenters. The van der Waals surface area contributed by atoms with Gasteiger partial charge in [0.15, 0.2) is 0 Å². The molecular formula is C26H29F2N3O. The van der Waals surface area contributed by atoms with E-state index in [2.05, 4.69) is 30.2 Å². The van der Waals surface area contributed by atoms with Crippen molar-refractivity contribution in [2.45, 2.75) is 39.8 Å². The zero-order valence-electron chi connectivity index (χ0n) is 19.0. The fourth-order valence-corrected chi connectivity index (χ4v) is 3.56. The van der Waals surface area contributed by atoms with E-state index >= 15 is 0 Å². The van der Waals surface area contributed by atoms with Gasteiger partial charge in [0.25, 0.3) is 0 Å². The Bertz CT molecular complexity index is 1070. The molecule has 1 aliphatic rings. The Morgan fingerprint density at radius 1 is 1.06 bits per heavy atom. The van der Waals surface area contributed by atoms with Crippen LogP contribution in [0, 0.1) is 0 Å². The molecule has 0 saturated heterocycles. The first-order chi connectivity index (χ1) is 15.0. The molecule has 0 bridgehead atoms. The molecule has 1 heterocycles. The molecule has 2 aromatic rings. The van der Waals surface area contributed by atoms with Crippen LogP contribution in [-0.4, -0.2) is 28.7 Å². The van der Waals surface area contributed by atoms with Crippen LogP contribution in [0.2, 0.25) is 0 Å². The van der Waals surface area contributed by atoms with Crippen LogP contribution >= 0.6 is 0 Å². The average molecular weight is 438 g/mol. The third-order valence-electron chi connectivity index (χ3n) is 5.26. The summed E-state index contributed by atoms with van der Waals surface area (Å²) in [6.07, 6.45) is -2.73. The van der Waals surface area contributed by atoms with Crippen molar-refractivity contribution in [1.82, 2.24) is 9.80 Å². The lowest BCUT2D eigenvalue weighted by Crippen LogP contribution is -2.36. The fourth-order valence-electron chi connectivity index (χ4n) is 3.56. The zero-order chi connectivity index (χ0) is 23.5. The van der Waals surface area contributed by atoms with Gasteiger partial charge in [-0.05, 0) is 37.1 Å². The quantitative estimate of drug-likeness (QED) is 0.473. The van der Waals surface area contributed by atoms with E-state index in [1.807, 2.05) is 50.1 Å². The standard InChI is InChI=1S/C26H29F2N3O/c1-18(15-23-13-10-14-24(16-23)32-26(5,27)28)29-25-19(2)20(3)30(6)21(4)31(25)17-22-11-8-7-9-12-22/h7-14,16H,3-4,15,17H2,1-2,5-6H3/b29-18+. The highest BCUT2D eigenvalue weighted by Gasteiger charge is 2.27. The first-order valence-corrected chi connectivity index (χ1v) is 10.4. The van der Waals surface area contributed by atoms with E-state index in [1.165, 1.54) is 6.07 Å². The molecule has 3 rings (SSSR count). The average Bonchev–Trinajstić information content (AvgIpc) is 2.73. The summed E-state index contributed by atoms with van der Waals surface area (Å²) >= 11 is 0. The molecule has 0 radical (unpaired) electrons. The number of halogens is 2. The first-order valence-electron chi connectivity index (χ1n) is 10.4. The molecule has 32 heavy (non-hydrogen) atoms. The number of nitrogens with zero attached hydrogens (tertiary/aromatic N) is 3.